The first-order valence-electron chi connectivity index (χ1n) is 4.86. The van der Waals surface area contributed by atoms with E-state index in [-0.39, 0.29) is 0 Å². The van der Waals surface area contributed by atoms with Crippen LogP contribution in [-0.2, 0) is 0 Å². The molecule has 0 aromatic carbocycles. The van der Waals surface area contributed by atoms with Gasteiger partial charge in [0, 0.05) is 11.6 Å². The van der Waals surface area contributed by atoms with Gasteiger partial charge in [-0.15, -0.1) is 0 Å². The van der Waals surface area contributed by atoms with Crippen molar-refractivity contribution in [2.24, 2.45) is 5.92 Å². The summed E-state index contributed by atoms with van der Waals surface area (Å²) in [6.07, 6.45) is 4.33. The van der Waals surface area contributed by atoms with E-state index in [4.69, 9.17) is 0 Å². The van der Waals surface area contributed by atoms with Gasteiger partial charge in [0.2, 0.25) is 0 Å². The third-order valence-electron chi connectivity index (χ3n) is 3.55. The van der Waals surface area contributed by atoms with Crippen LogP contribution in [0.15, 0.2) is 0 Å². The quantitative estimate of drug-likeness (QED) is 0.516. The molecule has 11 heavy (non-hydrogen) atoms. The molecule has 3 fully saturated rings. The maximum Gasteiger partial charge on any atom is 0.0158 e. The molecule has 0 amide bonds. The molecule has 0 N–H and O–H groups in total. The molecule has 3 rings (SSSR count). The number of hydrogen-bond donors (Lipinski definition) is 0. The van der Waals surface area contributed by atoms with Crippen LogP contribution in [-0.4, -0.2) is 23.0 Å². The molecule has 0 saturated carbocycles. The van der Waals surface area contributed by atoms with Crippen LogP contribution in [0.2, 0.25) is 0 Å². The standard InChI is InChI=1S/C10H19N/c1-8-6-9-4-5-11(8)10(2,3)7-9/h8-9H,4-7H2,1-3H3. The molecule has 0 aromatic rings. The Labute approximate surface area is 69.8 Å². The van der Waals surface area contributed by atoms with Crippen molar-refractivity contribution in [1.29, 1.82) is 0 Å². The average molecular weight is 153 g/mol. The first-order chi connectivity index (χ1) is 5.09. The molecular weight excluding hydrogens is 134 g/mol. The Balaban J connectivity index is 2.20. The van der Waals surface area contributed by atoms with Crippen molar-refractivity contribution in [2.75, 3.05) is 6.54 Å². The number of nitrogens with zero attached hydrogens (tertiary/aromatic N) is 1. The van der Waals surface area contributed by atoms with Crippen LogP contribution in [0.4, 0.5) is 0 Å². The lowest BCUT2D eigenvalue weighted by Crippen LogP contribution is -2.58. The van der Waals surface area contributed by atoms with Crippen LogP contribution in [0.1, 0.15) is 40.0 Å². The summed E-state index contributed by atoms with van der Waals surface area (Å²) in [6.45, 7) is 8.52. The molecule has 0 spiro atoms. The molecule has 3 saturated heterocycles. The number of rotatable bonds is 0. The molecule has 3 unspecified atom stereocenters. The minimum absolute atomic E-state index is 0.501. The second-order valence-corrected chi connectivity index (χ2v) is 4.95. The van der Waals surface area contributed by atoms with E-state index in [0.29, 0.717) is 5.54 Å². The molecule has 2 bridgehead atoms. The Hall–Kier alpha value is -0.0400. The smallest absolute Gasteiger partial charge is 0.0158 e. The van der Waals surface area contributed by atoms with Crippen LogP contribution < -0.4 is 0 Å². The molecule has 3 heterocycles. The van der Waals surface area contributed by atoms with E-state index in [1.807, 2.05) is 0 Å². The second-order valence-electron chi connectivity index (χ2n) is 4.95. The van der Waals surface area contributed by atoms with E-state index in [0.717, 1.165) is 12.0 Å². The van der Waals surface area contributed by atoms with Gasteiger partial charge in [-0.2, -0.15) is 0 Å². The Morgan fingerprint density at radius 1 is 1.36 bits per heavy atom. The van der Waals surface area contributed by atoms with Crippen LogP contribution in [0.5, 0.6) is 0 Å². The van der Waals surface area contributed by atoms with Gasteiger partial charge in [0.15, 0.2) is 0 Å². The highest BCUT2D eigenvalue weighted by atomic mass is 15.2. The number of fused-ring (bicyclic) bond motifs is 3. The third kappa shape index (κ3) is 1.10. The zero-order valence-corrected chi connectivity index (χ0v) is 7.93. The molecule has 0 radical (unpaired) electrons. The lowest BCUT2D eigenvalue weighted by Gasteiger charge is -2.54. The normalized spacial score (nSPS) is 47.7. The summed E-state index contributed by atoms with van der Waals surface area (Å²) < 4.78 is 0. The van der Waals surface area contributed by atoms with E-state index in [9.17, 15) is 0 Å². The van der Waals surface area contributed by atoms with Gasteiger partial charge in [0.05, 0.1) is 0 Å². The fourth-order valence-electron chi connectivity index (χ4n) is 3.18. The zero-order chi connectivity index (χ0) is 8.06. The summed E-state index contributed by atoms with van der Waals surface area (Å²) in [4.78, 5) is 2.69. The Kier molecular flexibility index (Phi) is 1.54. The highest BCUT2D eigenvalue weighted by Gasteiger charge is 2.42. The highest BCUT2D eigenvalue weighted by molar-refractivity contribution is 4.97. The summed E-state index contributed by atoms with van der Waals surface area (Å²) in [7, 11) is 0. The molecule has 0 aliphatic carbocycles. The lowest BCUT2D eigenvalue weighted by molar-refractivity contribution is -0.0448. The molecular formula is C10H19N. The SMILES string of the molecule is CC1CC2CCN1C(C)(C)C2. The van der Waals surface area contributed by atoms with Gasteiger partial charge in [-0.25, -0.2) is 0 Å². The van der Waals surface area contributed by atoms with E-state index in [1.54, 1.807) is 0 Å². The van der Waals surface area contributed by atoms with Crippen LogP contribution in [0.25, 0.3) is 0 Å². The van der Waals surface area contributed by atoms with Gasteiger partial charge in [0.25, 0.3) is 0 Å². The van der Waals surface area contributed by atoms with Crippen LogP contribution in [0.3, 0.4) is 0 Å². The van der Waals surface area contributed by atoms with Crippen molar-refractivity contribution in [2.45, 2.75) is 51.6 Å². The van der Waals surface area contributed by atoms with Crippen LogP contribution in [0, 0.1) is 5.92 Å². The van der Waals surface area contributed by atoms with Gasteiger partial charge >= 0.3 is 0 Å². The highest BCUT2D eigenvalue weighted by Crippen LogP contribution is 2.41. The molecule has 3 aliphatic rings. The predicted molar refractivity (Wildman–Crippen MR) is 47.6 cm³/mol. The van der Waals surface area contributed by atoms with Crippen molar-refractivity contribution in [1.82, 2.24) is 4.90 Å². The monoisotopic (exact) mass is 153 g/mol. The fraction of sp³-hybridized carbons (Fsp3) is 1.00. The Morgan fingerprint density at radius 2 is 2.09 bits per heavy atom. The van der Waals surface area contributed by atoms with Crippen molar-refractivity contribution < 1.29 is 0 Å². The fourth-order valence-corrected chi connectivity index (χ4v) is 3.18. The summed E-state index contributed by atoms with van der Waals surface area (Å²) in [6, 6.07) is 0.845. The molecule has 3 atom stereocenters. The van der Waals surface area contributed by atoms with Crippen molar-refractivity contribution in [3.8, 4) is 0 Å². The first kappa shape index (κ1) is 7.60. The topological polar surface area (TPSA) is 3.24 Å². The minimum atomic E-state index is 0.501. The van der Waals surface area contributed by atoms with Crippen LogP contribution >= 0.6 is 0 Å². The van der Waals surface area contributed by atoms with Gasteiger partial charge in [-0.3, -0.25) is 4.90 Å². The summed E-state index contributed by atoms with van der Waals surface area (Å²) >= 11 is 0. The zero-order valence-electron chi connectivity index (χ0n) is 7.93. The lowest BCUT2D eigenvalue weighted by atomic mass is 9.74. The number of piperidine rings is 3. The number of hydrogen-bond acceptors (Lipinski definition) is 1. The summed E-state index contributed by atoms with van der Waals surface area (Å²) in [5.74, 6) is 1.03. The molecule has 0 aromatic heterocycles. The minimum Gasteiger partial charge on any atom is -0.296 e. The molecule has 1 nitrogen and oxygen atoms in total. The second kappa shape index (κ2) is 2.22. The van der Waals surface area contributed by atoms with Crippen molar-refractivity contribution in [3.63, 3.8) is 0 Å². The summed E-state index contributed by atoms with van der Waals surface area (Å²) in [5.41, 5.74) is 0.501. The van der Waals surface area contributed by atoms with Gasteiger partial charge in [-0.05, 0) is 52.5 Å². The third-order valence-corrected chi connectivity index (χ3v) is 3.55. The van der Waals surface area contributed by atoms with E-state index in [2.05, 4.69) is 25.7 Å². The Morgan fingerprint density at radius 3 is 2.45 bits per heavy atom. The van der Waals surface area contributed by atoms with Crippen molar-refractivity contribution >= 4 is 0 Å². The molecule has 3 aliphatic heterocycles. The van der Waals surface area contributed by atoms with E-state index < -0.39 is 0 Å². The Bertz CT molecular complexity index is 162. The van der Waals surface area contributed by atoms with Gasteiger partial charge < -0.3 is 0 Å². The largest absolute Gasteiger partial charge is 0.296 e. The maximum absolute atomic E-state index is 2.69. The van der Waals surface area contributed by atoms with Gasteiger partial charge in [0.1, 0.15) is 0 Å². The van der Waals surface area contributed by atoms with E-state index >= 15 is 0 Å². The first-order valence-corrected chi connectivity index (χ1v) is 4.86. The molecule has 1 heteroatoms. The summed E-state index contributed by atoms with van der Waals surface area (Å²) in [5, 5.41) is 0. The maximum atomic E-state index is 2.69. The van der Waals surface area contributed by atoms with E-state index in [1.165, 1.54) is 25.8 Å². The average Bonchev–Trinajstić information content (AvgIpc) is 1.83. The van der Waals surface area contributed by atoms with Gasteiger partial charge in [-0.1, -0.05) is 0 Å². The molecule has 64 valence electrons. The predicted octanol–water partition coefficient (Wildman–Crippen LogP) is 2.27. The van der Waals surface area contributed by atoms with Crippen molar-refractivity contribution in [3.05, 3.63) is 0 Å².